The van der Waals surface area contributed by atoms with Crippen molar-refractivity contribution >= 4 is 17.2 Å². The third-order valence-electron chi connectivity index (χ3n) is 4.53. The standard InChI is InChI=1S/C18H25N3OS/c1-13(2)21-11-15(10-19-21)18(22)20(16-6-4-5-7-16)12-17-9-8-14(3)23-17/h8-11,13,16H,4-7,12H2,1-3H3. The highest BCUT2D eigenvalue weighted by Crippen LogP contribution is 2.28. The van der Waals surface area contributed by atoms with Crippen LogP contribution >= 0.6 is 11.3 Å². The van der Waals surface area contributed by atoms with Gasteiger partial charge in [0.2, 0.25) is 0 Å². The van der Waals surface area contributed by atoms with Gasteiger partial charge in [0.15, 0.2) is 0 Å². The number of rotatable bonds is 5. The fraction of sp³-hybridized carbons (Fsp3) is 0.556. The van der Waals surface area contributed by atoms with E-state index in [-0.39, 0.29) is 11.9 Å². The molecule has 0 atom stereocenters. The van der Waals surface area contributed by atoms with E-state index in [4.69, 9.17) is 0 Å². The van der Waals surface area contributed by atoms with Gasteiger partial charge < -0.3 is 4.90 Å². The lowest BCUT2D eigenvalue weighted by molar-refractivity contribution is 0.0666. The van der Waals surface area contributed by atoms with E-state index >= 15 is 0 Å². The van der Waals surface area contributed by atoms with E-state index in [9.17, 15) is 4.79 Å². The molecule has 0 radical (unpaired) electrons. The Kier molecular flexibility index (Phi) is 4.85. The number of aromatic nitrogens is 2. The van der Waals surface area contributed by atoms with Gasteiger partial charge >= 0.3 is 0 Å². The monoisotopic (exact) mass is 331 g/mol. The van der Waals surface area contributed by atoms with Gasteiger partial charge in [0.1, 0.15) is 0 Å². The van der Waals surface area contributed by atoms with E-state index in [1.807, 2.05) is 10.9 Å². The number of aryl methyl sites for hydroxylation is 1. The summed E-state index contributed by atoms with van der Waals surface area (Å²) in [7, 11) is 0. The Morgan fingerprint density at radius 1 is 1.39 bits per heavy atom. The molecule has 0 spiro atoms. The molecule has 0 N–H and O–H groups in total. The zero-order valence-corrected chi connectivity index (χ0v) is 15.0. The molecule has 0 unspecified atom stereocenters. The fourth-order valence-electron chi connectivity index (χ4n) is 3.22. The first-order valence-electron chi connectivity index (χ1n) is 8.45. The van der Waals surface area contributed by atoms with Crippen molar-refractivity contribution in [2.45, 2.75) is 65.1 Å². The van der Waals surface area contributed by atoms with Gasteiger partial charge in [-0.15, -0.1) is 11.3 Å². The predicted octanol–water partition coefficient (Wildman–Crippen LogP) is 4.42. The van der Waals surface area contributed by atoms with Gasteiger partial charge in [0.05, 0.1) is 18.3 Å². The average Bonchev–Trinajstić information content (AvgIpc) is 3.25. The summed E-state index contributed by atoms with van der Waals surface area (Å²) in [6.07, 6.45) is 8.29. The Balaban J connectivity index is 1.82. The molecule has 4 nitrogen and oxygen atoms in total. The van der Waals surface area contributed by atoms with E-state index in [0.29, 0.717) is 11.6 Å². The van der Waals surface area contributed by atoms with Crippen LogP contribution in [-0.2, 0) is 6.54 Å². The van der Waals surface area contributed by atoms with E-state index in [1.165, 1.54) is 22.6 Å². The van der Waals surface area contributed by atoms with Crippen LogP contribution in [0.25, 0.3) is 0 Å². The molecule has 2 aromatic heterocycles. The topological polar surface area (TPSA) is 38.1 Å². The summed E-state index contributed by atoms with van der Waals surface area (Å²) >= 11 is 1.78. The second-order valence-electron chi connectivity index (χ2n) is 6.69. The van der Waals surface area contributed by atoms with Crippen molar-refractivity contribution in [2.24, 2.45) is 0 Å². The molecule has 0 aliphatic heterocycles. The van der Waals surface area contributed by atoms with Gasteiger partial charge in [0, 0.05) is 28.0 Å². The number of carbonyl (C=O) groups excluding carboxylic acids is 1. The van der Waals surface area contributed by atoms with Crippen LogP contribution in [0.4, 0.5) is 0 Å². The van der Waals surface area contributed by atoms with Gasteiger partial charge in [-0.2, -0.15) is 5.10 Å². The Bertz CT molecular complexity index is 667. The maximum atomic E-state index is 13.1. The summed E-state index contributed by atoms with van der Waals surface area (Å²) in [6, 6.07) is 4.92. The fourth-order valence-corrected chi connectivity index (χ4v) is 4.11. The normalized spacial score (nSPS) is 15.5. The number of thiophene rings is 1. The summed E-state index contributed by atoms with van der Waals surface area (Å²) in [5.41, 5.74) is 0.707. The quantitative estimate of drug-likeness (QED) is 0.813. The van der Waals surface area contributed by atoms with Crippen molar-refractivity contribution in [3.8, 4) is 0 Å². The highest BCUT2D eigenvalue weighted by Gasteiger charge is 2.28. The Labute approximate surface area is 142 Å². The Morgan fingerprint density at radius 3 is 2.70 bits per heavy atom. The molecule has 1 fully saturated rings. The molecular weight excluding hydrogens is 306 g/mol. The summed E-state index contributed by atoms with van der Waals surface area (Å²) in [5, 5.41) is 4.33. The van der Waals surface area contributed by atoms with Gasteiger partial charge in [-0.1, -0.05) is 12.8 Å². The van der Waals surface area contributed by atoms with Crippen molar-refractivity contribution in [3.05, 3.63) is 39.8 Å². The first-order valence-corrected chi connectivity index (χ1v) is 9.26. The number of hydrogen-bond acceptors (Lipinski definition) is 3. The molecule has 1 amide bonds. The lowest BCUT2D eigenvalue weighted by Crippen LogP contribution is -2.38. The van der Waals surface area contributed by atoms with E-state index in [0.717, 1.165) is 19.4 Å². The second kappa shape index (κ2) is 6.87. The number of nitrogens with zero attached hydrogens (tertiary/aromatic N) is 3. The minimum absolute atomic E-state index is 0.120. The molecule has 0 bridgehead atoms. The number of hydrogen-bond donors (Lipinski definition) is 0. The minimum atomic E-state index is 0.120. The molecule has 0 saturated heterocycles. The smallest absolute Gasteiger partial charge is 0.257 e. The average molecular weight is 331 g/mol. The third-order valence-corrected chi connectivity index (χ3v) is 5.51. The van der Waals surface area contributed by atoms with Gasteiger partial charge in [-0.3, -0.25) is 9.48 Å². The molecule has 1 aliphatic rings. The van der Waals surface area contributed by atoms with Crippen molar-refractivity contribution < 1.29 is 4.79 Å². The van der Waals surface area contributed by atoms with E-state index in [2.05, 4.69) is 42.9 Å². The third kappa shape index (κ3) is 3.66. The SMILES string of the molecule is Cc1ccc(CN(C(=O)c2cnn(C(C)C)c2)C2CCCC2)s1. The first kappa shape index (κ1) is 16.2. The van der Waals surface area contributed by atoms with E-state index < -0.39 is 0 Å². The van der Waals surface area contributed by atoms with Crippen molar-refractivity contribution in [3.63, 3.8) is 0 Å². The molecule has 2 heterocycles. The van der Waals surface area contributed by atoms with Gasteiger partial charge in [0.25, 0.3) is 5.91 Å². The molecule has 124 valence electrons. The Morgan fingerprint density at radius 2 is 2.13 bits per heavy atom. The molecular formula is C18H25N3OS. The molecule has 23 heavy (non-hydrogen) atoms. The van der Waals surface area contributed by atoms with Gasteiger partial charge in [-0.05, 0) is 45.7 Å². The maximum absolute atomic E-state index is 13.1. The first-order chi connectivity index (χ1) is 11.0. The lowest BCUT2D eigenvalue weighted by atomic mass is 10.1. The molecule has 3 rings (SSSR count). The maximum Gasteiger partial charge on any atom is 0.257 e. The molecule has 1 aliphatic carbocycles. The zero-order chi connectivity index (χ0) is 16.4. The largest absolute Gasteiger partial charge is 0.330 e. The molecule has 1 saturated carbocycles. The highest BCUT2D eigenvalue weighted by molar-refractivity contribution is 7.11. The van der Waals surface area contributed by atoms with Crippen molar-refractivity contribution in [1.82, 2.24) is 14.7 Å². The van der Waals surface area contributed by atoms with E-state index in [1.54, 1.807) is 17.5 Å². The van der Waals surface area contributed by atoms with Crippen LogP contribution in [0.1, 0.15) is 65.7 Å². The minimum Gasteiger partial charge on any atom is -0.330 e. The van der Waals surface area contributed by atoms with Crippen LogP contribution in [0.2, 0.25) is 0 Å². The predicted molar refractivity (Wildman–Crippen MR) is 93.8 cm³/mol. The van der Waals surface area contributed by atoms with Gasteiger partial charge in [-0.25, -0.2) is 0 Å². The zero-order valence-electron chi connectivity index (χ0n) is 14.2. The molecule has 5 heteroatoms. The van der Waals surface area contributed by atoms with Crippen LogP contribution in [0, 0.1) is 6.92 Å². The number of amides is 1. The highest BCUT2D eigenvalue weighted by atomic mass is 32.1. The van der Waals surface area contributed by atoms with Crippen molar-refractivity contribution in [1.29, 1.82) is 0 Å². The summed E-state index contributed by atoms with van der Waals surface area (Å²) in [4.78, 5) is 17.7. The summed E-state index contributed by atoms with van der Waals surface area (Å²) < 4.78 is 1.86. The van der Waals surface area contributed by atoms with Crippen LogP contribution in [0.3, 0.4) is 0 Å². The molecule has 2 aromatic rings. The van der Waals surface area contributed by atoms with Crippen molar-refractivity contribution in [2.75, 3.05) is 0 Å². The van der Waals surface area contributed by atoms with Crippen LogP contribution in [0.5, 0.6) is 0 Å². The lowest BCUT2D eigenvalue weighted by Gasteiger charge is -2.28. The second-order valence-corrected chi connectivity index (χ2v) is 8.06. The van der Waals surface area contributed by atoms with Crippen LogP contribution in [0.15, 0.2) is 24.5 Å². The summed E-state index contributed by atoms with van der Waals surface area (Å²) in [5.74, 6) is 0.120. The Hall–Kier alpha value is -1.62. The molecule has 0 aromatic carbocycles. The van der Waals surface area contributed by atoms with Crippen LogP contribution in [-0.4, -0.2) is 26.6 Å². The van der Waals surface area contributed by atoms with Crippen LogP contribution < -0.4 is 0 Å². The summed E-state index contributed by atoms with van der Waals surface area (Å²) in [6.45, 7) is 6.98. The number of carbonyl (C=O) groups is 1.